The van der Waals surface area contributed by atoms with E-state index >= 15 is 0 Å². The van der Waals surface area contributed by atoms with Crippen molar-refractivity contribution in [3.8, 4) is 0 Å². The molecule has 0 saturated carbocycles. The number of carbonyl (C=O) groups excluding carboxylic acids is 1. The molecule has 0 aliphatic heterocycles. The monoisotopic (exact) mass is 163 g/mol. The summed E-state index contributed by atoms with van der Waals surface area (Å²) in [7, 11) is 2.91. The first-order chi connectivity index (χ1) is 5.00. The van der Waals surface area contributed by atoms with Crippen LogP contribution in [0.2, 0.25) is 0 Å². The molecule has 0 aromatic carbocycles. The van der Waals surface area contributed by atoms with Gasteiger partial charge in [0, 0.05) is 14.1 Å². The highest BCUT2D eigenvalue weighted by molar-refractivity contribution is 5.80. The molecule has 1 amide bonds. The maximum absolute atomic E-state index is 10.8. The summed E-state index contributed by atoms with van der Waals surface area (Å²) in [5.74, 6) is -0.619. The molecule has 0 aliphatic rings. The van der Waals surface area contributed by atoms with Crippen molar-refractivity contribution in [2.75, 3.05) is 20.7 Å². The molecule has 3 N–H and O–H groups in total. The van der Waals surface area contributed by atoms with Crippen molar-refractivity contribution >= 4 is 5.91 Å². The molecule has 5 nitrogen and oxygen atoms in total. The van der Waals surface area contributed by atoms with Crippen LogP contribution in [0.25, 0.3) is 0 Å². The Morgan fingerprint density at radius 2 is 1.91 bits per heavy atom. The summed E-state index contributed by atoms with van der Waals surface area (Å²) in [6, 6.07) is 0. The lowest BCUT2D eigenvalue weighted by Crippen LogP contribution is -2.43. The van der Waals surface area contributed by atoms with Crippen LogP contribution in [0.4, 0.5) is 0 Å². The third-order valence-electron chi connectivity index (χ3n) is 1.25. The van der Waals surface area contributed by atoms with Crippen molar-refractivity contribution in [1.82, 2.24) is 4.90 Å². The lowest BCUT2D eigenvalue weighted by molar-refractivity contribution is -0.145. The molecular formula is C6H13NO4. The van der Waals surface area contributed by atoms with Crippen LogP contribution in [0.3, 0.4) is 0 Å². The van der Waals surface area contributed by atoms with Gasteiger partial charge in [-0.2, -0.15) is 0 Å². The number of aliphatic hydroxyl groups excluding tert-OH is 3. The molecule has 0 radical (unpaired) electrons. The van der Waals surface area contributed by atoms with Crippen molar-refractivity contribution in [2.24, 2.45) is 0 Å². The highest BCUT2D eigenvalue weighted by atomic mass is 16.4. The number of amides is 1. The second kappa shape index (κ2) is 4.27. The minimum Gasteiger partial charge on any atom is -0.394 e. The Morgan fingerprint density at radius 3 is 2.18 bits per heavy atom. The van der Waals surface area contributed by atoms with Crippen molar-refractivity contribution in [2.45, 2.75) is 12.2 Å². The fourth-order valence-corrected chi connectivity index (χ4v) is 0.529. The highest BCUT2D eigenvalue weighted by Crippen LogP contribution is 1.95. The number of likely N-dealkylation sites (N-methyl/N-ethyl adjacent to an activating group) is 1. The van der Waals surface area contributed by atoms with Gasteiger partial charge in [-0.3, -0.25) is 4.79 Å². The second-order valence-corrected chi connectivity index (χ2v) is 2.43. The molecule has 0 bridgehead atoms. The average Bonchev–Trinajstić information content (AvgIpc) is 2.00. The number of carbonyl (C=O) groups is 1. The summed E-state index contributed by atoms with van der Waals surface area (Å²) in [5, 5.41) is 26.1. The van der Waals surface area contributed by atoms with Gasteiger partial charge in [0.2, 0.25) is 0 Å². The summed E-state index contributed by atoms with van der Waals surface area (Å²) in [6.45, 7) is -0.624. The van der Waals surface area contributed by atoms with Crippen LogP contribution >= 0.6 is 0 Å². The maximum atomic E-state index is 10.8. The summed E-state index contributed by atoms with van der Waals surface area (Å²) < 4.78 is 0. The Bertz CT molecular complexity index is 137. The van der Waals surface area contributed by atoms with E-state index in [1.165, 1.54) is 14.1 Å². The molecule has 0 aliphatic carbocycles. The smallest absolute Gasteiger partial charge is 0.253 e. The van der Waals surface area contributed by atoms with Crippen molar-refractivity contribution in [3.63, 3.8) is 0 Å². The van der Waals surface area contributed by atoms with Crippen molar-refractivity contribution < 1.29 is 20.1 Å². The summed E-state index contributed by atoms with van der Waals surface area (Å²) in [6.07, 6.45) is -2.93. The summed E-state index contributed by atoms with van der Waals surface area (Å²) in [5.41, 5.74) is 0. The lowest BCUT2D eigenvalue weighted by atomic mass is 10.2. The molecule has 0 aromatic rings. The molecule has 5 heteroatoms. The Kier molecular flexibility index (Phi) is 4.02. The van der Waals surface area contributed by atoms with Crippen LogP contribution in [-0.2, 0) is 4.79 Å². The average molecular weight is 163 g/mol. The lowest BCUT2D eigenvalue weighted by Gasteiger charge is -2.18. The highest BCUT2D eigenvalue weighted by Gasteiger charge is 2.24. The van der Waals surface area contributed by atoms with Crippen LogP contribution in [0.15, 0.2) is 0 Å². The van der Waals surface area contributed by atoms with Gasteiger partial charge in [-0.1, -0.05) is 0 Å². The molecule has 0 saturated heterocycles. The van der Waals surface area contributed by atoms with E-state index in [4.69, 9.17) is 15.3 Å². The third kappa shape index (κ3) is 2.83. The Balaban J connectivity index is 4.02. The van der Waals surface area contributed by atoms with E-state index in [9.17, 15) is 4.79 Å². The van der Waals surface area contributed by atoms with Gasteiger partial charge in [-0.25, -0.2) is 0 Å². The number of hydrogen-bond acceptors (Lipinski definition) is 4. The topological polar surface area (TPSA) is 81.0 Å². The van der Waals surface area contributed by atoms with E-state index in [2.05, 4.69) is 0 Å². The van der Waals surface area contributed by atoms with Gasteiger partial charge < -0.3 is 20.2 Å². The molecule has 0 unspecified atom stereocenters. The summed E-state index contributed by atoms with van der Waals surface area (Å²) >= 11 is 0. The van der Waals surface area contributed by atoms with Gasteiger partial charge in [0.05, 0.1) is 6.61 Å². The van der Waals surface area contributed by atoms with Crippen LogP contribution in [0.5, 0.6) is 0 Å². The minimum absolute atomic E-state index is 0.619. The molecule has 2 atom stereocenters. The predicted molar refractivity (Wildman–Crippen MR) is 37.8 cm³/mol. The Morgan fingerprint density at radius 1 is 1.45 bits per heavy atom. The standard InChI is InChI=1S/C6H13NO4/c1-7(2)6(11)5(10)4(9)3-8/h4-5,8-10H,3H2,1-2H3/t4-,5-/m1/s1. The predicted octanol–water partition coefficient (Wildman–Crippen LogP) is -2.21. The van der Waals surface area contributed by atoms with Gasteiger partial charge in [-0.05, 0) is 0 Å². The van der Waals surface area contributed by atoms with Crippen LogP contribution in [-0.4, -0.2) is 59.0 Å². The van der Waals surface area contributed by atoms with Gasteiger partial charge in [-0.15, -0.1) is 0 Å². The van der Waals surface area contributed by atoms with E-state index in [1.807, 2.05) is 0 Å². The molecule has 11 heavy (non-hydrogen) atoms. The normalized spacial score (nSPS) is 15.7. The Hall–Kier alpha value is -0.650. The van der Waals surface area contributed by atoms with Gasteiger partial charge in [0.15, 0.2) is 6.10 Å². The van der Waals surface area contributed by atoms with E-state index in [1.54, 1.807) is 0 Å². The fourth-order valence-electron chi connectivity index (χ4n) is 0.529. The SMILES string of the molecule is CN(C)C(=O)[C@H](O)[C@H](O)CO. The van der Waals surface area contributed by atoms with Crippen LogP contribution in [0, 0.1) is 0 Å². The molecule has 0 spiro atoms. The molecule has 0 rings (SSSR count). The third-order valence-corrected chi connectivity index (χ3v) is 1.25. The zero-order chi connectivity index (χ0) is 9.02. The Labute approximate surface area is 64.9 Å². The van der Waals surface area contributed by atoms with Crippen LogP contribution in [0.1, 0.15) is 0 Å². The fraction of sp³-hybridized carbons (Fsp3) is 0.833. The van der Waals surface area contributed by atoms with Crippen molar-refractivity contribution in [3.05, 3.63) is 0 Å². The summed E-state index contributed by atoms with van der Waals surface area (Å²) in [4.78, 5) is 12.0. The molecule has 66 valence electrons. The second-order valence-electron chi connectivity index (χ2n) is 2.43. The van der Waals surface area contributed by atoms with E-state index < -0.39 is 24.7 Å². The van der Waals surface area contributed by atoms with Crippen LogP contribution < -0.4 is 0 Å². The maximum Gasteiger partial charge on any atom is 0.253 e. The van der Waals surface area contributed by atoms with E-state index in [0.717, 1.165) is 4.90 Å². The zero-order valence-electron chi connectivity index (χ0n) is 6.56. The van der Waals surface area contributed by atoms with Gasteiger partial charge in [0.25, 0.3) is 5.91 Å². The number of nitrogens with zero attached hydrogens (tertiary/aromatic N) is 1. The minimum atomic E-state index is -1.53. The van der Waals surface area contributed by atoms with Crippen molar-refractivity contribution in [1.29, 1.82) is 0 Å². The molecule has 0 aromatic heterocycles. The first kappa shape index (κ1) is 10.3. The number of aliphatic hydroxyl groups is 3. The molecular weight excluding hydrogens is 150 g/mol. The van der Waals surface area contributed by atoms with Gasteiger partial charge >= 0.3 is 0 Å². The zero-order valence-corrected chi connectivity index (χ0v) is 6.56. The van der Waals surface area contributed by atoms with E-state index in [0.29, 0.717) is 0 Å². The molecule has 0 fully saturated rings. The van der Waals surface area contributed by atoms with Gasteiger partial charge in [0.1, 0.15) is 6.10 Å². The van der Waals surface area contributed by atoms with E-state index in [-0.39, 0.29) is 0 Å². The first-order valence-corrected chi connectivity index (χ1v) is 3.19. The first-order valence-electron chi connectivity index (χ1n) is 3.19. The number of hydrogen-bond donors (Lipinski definition) is 3. The largest absolute Gasteiger partial charge is 0.394 e. The quantitative estimate of drug-likeness (QED) is 0.440. The number of rotatable bonds is 3. The molecule has 0 heterocycles.